The maximum absolute atomic E-state index is 12.0. The summed E-state index contributed by atoms with van der Waals surface area (Å²) in [5.74, 6) is -0.0190. The first-order valence-corrected chi connectivity index (χ1v) is 9.06. The average Bonchev–Trinajstić information content (AvgIpc) is 2.67. The van der Waals surface area contributed by atoms with Gasteiger partial charge in [-0.3, -0.25) is 4.79 Å². The molecule has 26 heavy (non-hydrogen) atoms. The Balaban J connectivity index is 1.96. The van der Waals surface area contributed by atoms with Crippen molar-refractivity contribution in [1.29, 1.82) is 0 Å². The zero-order chi connectivity index (χ0) is 18.9. The smallest absolute Gasteiger partial charge is 0.178 e. The highest BCUT2D eigenvalue weighted by Crippen LogP contribution is 2.16. The molecule has 2 aromatic carbocycles. The molecule has 0 spiro atoms. The van der Waals surface area contributed by atoms with E-state index in [0.29, 0.717) is 0 Å². The number of carbonyl (C=O) groups excluding carboxylic acids is 1. The zero-order valence-corrected chi connectivity index (χ0v) is 16.1. The van der Waals surface area contributed by atoms with Crippen LogP contribution in [0.3, 0.4) is 0 Å². The van der Waals surface area contributed by atoms with E-state index in [0.717, 1.165) is 29.9 Å². The highest BCUT2D eigenvalue weighted by atomic mass is 16.1. The lowest BCUT2D eigenvalue weighted by molar-refractivity contribution is -0.110. The Hall–Kier alpha value is -2.81. The molecule has 0 atom stereocenters. The second-order valence-corrected chi connectivity index (χ2v) is 6.32. The average molecular weight is 348 g/mol. The Morgan fingerprint density at radius 3 is 1.58 bits per heavy atom. The van der Waals surface area contributed by atoms with Gasteiger partial charge in [0.05, 0.1) is 0 Å². The Bertz CT molecular complexity index is 752. The van der Waals surface area contributed by atoms with Crippen molar-refractivity contribution in [2.75, 3.05) is 37.0 Å². The van der Waals surface area contributed by atoms with Gasteiger partial charge in [0.2, 0.25) is 0 Å². The number of anilines is 2. The van der Waals surface area contributed by atoms with E-state index in [9.17, 15) is 4.79 Å². The first-order chi connectivity index (χ1) is 12.5. The second-order valence-electron chi connectivity index (χ2n) is 6.32. The topological polar surface area (TPSA) is 23.6 Å². The maximum atomic E-state index is 12.0. The van der Waals surface area contributed by atoms with Gasteiger partial charge in [0.25, 0.3) is 0 Å². The molecule has 0 unspecified atom stereocenters. The van der Waals surface area contributed by atoms with Crippen LogP contribution in [0.15, 0.2) is 60.7 Å². The Kier molecular flexibility index (Phi) is 7.22. The molecule has 0 aliphatic heterocycles. The van der Waals surface area contributed by atoms with E-state index in [1.165, 1.54) is 5.69 Å². The lowest BCUT2D eigenvalue weighted by Crippen LogP contribution is -2.21. The third-order valence-corrected chi connectivity index (χ3v) is 4.31. The molecule has 2 aromatic rings. The molecule has 3 heteroatoms. The van der Waals surface area contributed by atoms with Crippen molar-refractivity contribution in [3.05, 3.63) is 71.8 Å². The standard InChI is InChI=1S/C23H28N2O/c1-5-25(6-2)22-15-9-20(10-16-22)12-18-23(26)17-11-19-7-13-21(14-8-19)24(3)4/h7-18H,5-6H2,1-4H3/b17-11+,18-12+. The van der Waals surface area contributed by atoms with Gasteiger partial charge in [-0.2, -0.15) is 0 Å². The lowest BCUT2D eigenvalue weighted by Gasteiger charge is -2.20. The van der Waals surface area contributed by atoms with E-state index in [-0.39, 0.29) is 5.78 Å². The van der Waals surface area contributed by atoms with Gasteiger partial charge in [-0.15, -0.1) is 0 Å². The molecule has 0 aromatic heterocycles. The number of carbonyl (C=O) groups is 1. The number of nitrogens with zero attached hydrogens (tertiary/aromatic N) is 2. The molecule has 0 fully saturated rings. The molecule has 0 heterocycles. The van der Waals surface area contributed by atoms with Crippen LogP contribution in [-0.2, 0) is 4.79 Å². The summed E-state index contributed by atoms with van der Waals surface area (Å²) in [5, 5.41) is 0. The summed E-state index contributed by atoms with van der Waals surface area (Å²) in [4.78, 5) is 16.4. The summed E-state index contributed by atoms with van der Waals surface area (Å²) in [7, 11) is 4.02. The van der Waals surface area contributed by atoms with E-state index < -0.39 is 0 Å². The van der Waals surface area contributed by atoms with Gasteiger partial charge < -0.3 is 9.80 Å². The summed E-state index contributed by atoms with van der Waals surface area (Å²) in [5.41, 5.74) is 4.39. The van der Waals surface area contributed by atoms with Crippen LogP contribution in [-0.4, -0.2) is 33.0 Å². The molecule has 136 valence electrons. The van der Waals surface area contributed by atoms with Gasteiger partial charge in [-0.25, -0.2) is 0 Å². The maximum Gasteiger partial charge on any atom is 0.178 e. The Morgan fingerprint density at radius 1 is 0.769 bits per heavy atom. The van der Waals surface area contributed by atoms with Crippen LogP contribution >= 0.6 is 0 Å². The van der Waals surface area contributed by atoms with Crippen molar-refractivity contribution < 1.29 is 4.79 Å². The number of rotatable bonds is 8. The van der Waals surface area contributed by atoms with Crippen LogP contribution in [0.2, 0.25) is 0 Å². The quantitative estimate of drug-likeness (QED) is 0.634. The van der Waals surface area contributed by atoms with Crippen molar-refractivity contribution in [3.63, 3.8) is 0 Å². The molecule has 0 bridgehead atoms. The first-order valence-electron chi connectivity index (χ1n) is 9.06. The van der Waals surface area contributed by atoms with Crippen LogP contribution < -0.4 is 9.80 Å². The minimum atomic E-state index is -0.0190. The summed E-state index contributed by atoms with van der Waals surface area (Å²) in [6.07, 6.45) is 6.91. The third kappa shape index (κ3) is 5.62. The molecule has 0 saturated carbocycles. The minimum Gasteiger partial charge on any atom is -0.378 e. The Labute approximate surface area is 157 Å². The summed E-state index contributed by atoms with van der Waals surface area (Å²) >= 11 is 0. The molecular weight excluding hydrogens is 320 g/mol. The number of hydrogen-bond donors (Lipinski definition) is 0. The van der Waals surface area contributed by atoms with Gasteiger partial charge in [0.1, 0.15) is 0 Å². The van der Waals surface area contributed by atoms with Crippen molar-refractivity contribution in [3.8, 4) is 0 Å². The largest absolute Gasteiger partial charge is 0.378 e. The number of hydrogen-bond acceptors (Lipinski definition) is 3. The fourth-order valence-corrected chi connectivity index (χ4v) is 2.68. The molecule has 0 radical (unpaired) electrons. The SMILES string of the molecule is CCN(CC)c1ccc(/C=C/C(=O)/C=C/c2ccc(N(C)C)cc2)cc1. The second kappa shape index (κ2) is 9.62. The molecule has 0 aliphatic carbocycles. The van der Waals surface area contributed by atoms with Gasteiger partial charge in [0.15, 0.2) is 5.78 Å². The van der Waals surface area contributed by atoms with E-state index in [4.69, 9.17) is 0 Å². The molecule has 0 aliphatic rings. The summed E-state index contributed by atoms with van der Waals surface area (Å²) < 4.78 is 0. The molecule has 0 N–H and O–H groups in total. The van der Waals surface area contributed by atoms with Crippen LogP contribution in [0.5, 0.6) is 0 Å². The van der Waals surface area contributed by atoms with Gasteiger partial charge in [-0.05, 0) is 61.4 Å². The van der Waals surface area contributed by atoms with Crippen LogP contribution in [0.4, 0.5) is 11.4 Å². The molecular formula is C23H28N2O. The lowest BCUT2D eigenvalue weighted by atomic mass is 10.1. The highest BCUT2D eigenvalue weighted by molar-refractivity contribution is 6.04. The van der Waals surface area contributed by atoms with Gasteiger partial charge in [-0.1, -0.05) is 36.4 Å². The minimum absolute atomic E-state index is 0.0190. The summed E-state index contributed by atoms with van der Waals surface area (Å²) in [6.45, 7) is 6.28. The summed E-state index contributed by atoms with van der Waals surface area (Å²) in [6, 6.07) is 16.4. The van der Waals surface area contributed by atoms with E-state index in [2.05, 4.69) is 30.9 Å². The number of benzene rings is 2. The fourth-order valence-electron chi connectivity index (χ4n) is 2.68. The molecule has 0 saturated heterocycles. The van der Waals surface area contributed by atoms with E-state index in [1.807, 2.05) is 67.5 Å². The number of ketones is 1. The molecule has 3 nitrogen and oxygen atoms in total. The van der Waals surface area contributed by atoms with Crippen LogP contribution in [0.25, 0.3) is 12.2 Å². The van der Waals surface area contributed by atoms with Gasteiger partial charge >= 0.3 is 0 Å². The monoisotopic (exact) mass is 348 g/mol. The number of allylic oxidation sites excluding steroid dienone is 2. The normalized spacial score (nSPS) is 11.2. The first kappa shape index (κ1) is 19.5. The zero-order valence-electron chi connectivity index (χ0n) is 16.1. The van der Waals surface area contributed by atoms with Gasteiger partial charge in [0, 0.05) is 38.6 Å². The van der Waals surface area contributed by atoms with E-state index >= 15 is 0 Å². The van der Waals surface area contributed by atoms with Crippen molar-refractivity contribution in [2.24, 2.45) is 0 Å². The van der Waals surface area contributed by atoms with Crippen molar-refractivity contribution in [1.82, 2.24) is 0 Å². The van der Waals surface area contributed by atoms with Crippen molar-refractivity contribution >= 4 is 29.3 Å². The molecule has 0 amide bonds. The third-order valence-electron chi connectivity index (χ3n) is 4.31. The van der Waals surface area contributed by atoms with E-state index in [1.54, 1.807) is 12.2 Å². The molecule has 2 rings (SSSR count). The predicted octanol–water partition coefficient (Wildman–Crippen LogP) is 4.89. The predicted molar refractivity (Wildman–Crippen MR) is 114 cm³/mol. The van der Waals surface area contributed by atoms with Crippen molar-refractivity contribution in [2.45, 2.75) is 13.8 Å². The Morgan fingerprint density at radius 2 is 1.19 bits per heavy atom. The highest BCUT2D eigenvalue weighted by Gasteiger charge is 2.00. The van der Waals surface area contributed by atoms with Crippen LogP contribution in [0.1, 0.15) is 25.0 Å². The fraction of sp³-hybridized carbons (Fsp3) is 0.261. The van der Waals surface area contributed by atoms with Crippen LogP contribution in [0, 0.1) is 0 Å².